The number of amides is 1. The summed E-state index contributed by atoms with van der Waals surface area (Å²) in [6, 6.07) is 16.7. The summed E-state index contributed by atoms with van der Waals surface area (Å²) in [4.78, 5) is 29.8. The van der Waals surface area contributed by atoms with E-state index >= 15 is 0 Å². The Morgan fingerprint density at radius 1 is 1.00 bits per heavy atom. The molecule has 3 aromatic rings. The van der Waals surface area contributed by atoms with Gasteiger partial charge in [-0.1, -0.05) is 47.7 Å². The second-order valence-electron chi connectivity index (χ2n) is 7.12. The highest BCUT2D eigenvalue weighted by Gasteiger charge is 2.27. The van der Waals surface area contributed by atoms with Crippen molar-refractivity contribution >= 4 is 16.8 Å². The second-order valence-corrected chi connectivity index (χ2v) is 7.12. The number of fused-ring (bicyclic) bond motifs is 1. The molecule has 0 unspecified atom stereocenters. The van der Waals surface area contributed by atoms with Crippen molar-refractivity contribution in [2.45, 2.75) is 19.5 Å². The average Bonchev–Trinajstić information content (AvgIpc) is 2.74. The van der Waals surface area contributed by atoms with E-state index in [0.29, 0.717) is 24.0 Å². The van der Waals surface area contributed by atoms with Gasteiger partial charge in [-0.15, -0.1) is 5.10 Å². The number of piperazine rings is 1. The third kappa shape index (κ3) is 3.66. The topological polar surface area (TPSA) is 71.3 Å². The summed E-state index contributed by atoms with van der Waals surface area (Å²) in [5.74, 6) is -0.0916. The van der Waals surface area contributed by atoms with Crippen molar-refractivity contribution in [3.05, 3.63) is 70.5 Å². The van der Waals surface area contributed by atoms with E-state index in [0.717, 1.165) is 19.6 Å². The van der Waals surface area contributed by atoms with E-state index in [2.05, 4.69) is 27.3 Å². The van der Waals surface area contributed by atoms with E-state index in [1.54, 1.807) is 25.1 Å². The SMILES string of the molecule is C[C@H](C(=O)N1CCN(Cc2ccccc2)CC1)n1nnc2ccccc2c1=O. The number of hydrogen-bond acceptors (Lipinski definition) is 5. The maximum Gasteiger partial charge on any atom is 0.278 e. The Morgan fingerprint density at radius 3 is 2.43 bits per heavy atom. The van der Waals surface area contributed by atoms with Crippen LogP contribution in [0.4, 0.5) is 0 Å². The zero-order valence-corrected chi connectivity index (χ0v) is 15.9. The Bertz CT molecular complexity index is 1030. The van der Waals surface area contributed by atoms with Crippen molar-refractivity contribution in [2.24, 2.45) is 0 Å². The van der Waals surface area contributed by atoms with Crippen LogP contribution in [0.1, 0.15) is 18.5 Å². The van der Waals surface area contributed by atoms with Gasteiger partial charge in [-0.25, -0.2) is 0 Å². The standard InChI is InChI=1S/C21H23N5O2/c1-16(26-21(28)18-9-5-6-10-19(18)22-23-26)20(27)25-13-11-24(12-14-25)15-17-7-3-2-4-8-17/h2-10,16H,11-15H2,1H3/t16-/m1/s1. The minimum Gasteiger partial charge on any atom is -0.338 e. The fourth-order valence-electron chi connectivity index (χ4n) is 3.59. The Hall–Kier alpha value is -3.06. The van der Waals surface area contributed by atoms with Crippen molar-refractivity contribution < 1.29 is 4.79 Å². The smallest absolute Gasteiger partial charge is 0.278 e. The summed E-state index contributed by atoms with van der Waals surface area (Å²) in [6.07, 6.45) is 0. The highest BCUT2D eigenvalue weighted by atomic mass is 16.2. The molecule has 0 bridgehead atoms. The van der Waals surface area contributed by atoms with E-state index < -0.39 is 6.04 Å². The number of rotatable bonds is 4. The maximum atomic E-state index is 12.9. The maximum absolute atomic E-state index is 12.9. The van der Waals surface area contributed by atoms with E-state index in [9.17, 15) is 9.59 Å². The second kappa shape index (κ2) is 7.90. The first-order valence-corrected chi connectivity index (χ1v) is 9.53. The lowest BCUT2D eigenvalue weighted by atomic mass is 10.2. The van der Waals surface area contributed by atoms with Crippen molar-refractivity contribution in [1.82, 2.24) is 24.8 Å². The van der Waals surface area contributed by atoms with Crippen LogP contribution in [-0.4, -0.2) is 56.9 Å². The fourth-order valence-corrected chi connectivity index (χ4v) is 3.59. The highest BCUT2D eigenvalue weighted by Crippen LogP contribution is 2.13. The summed E-state index contributed by atoms with van der Waals surface area (Å²) in [5.41, 5.74) is 1.53. The molecule has 1 fully saturated rings. The third-order valence-electron chi connectivity index (χ3n) is 5.25. The lowest BCUT2D eigenvalue weighted by Crippen LogP contribution is -2.50. The first kappa shape index (κ1) is 18.3. The number of carbonyl (C=O) groups is 1. The zero-order valence-electron chi connectivity index (χ0n) is 15.9. The molecule has 1 aliphatic heterocycles. The molecule has 28 heavy (non-hydrogen) atoms. The largest absolute Gasteiger partial charge is 0.338 e. The lowest BCUT2D eigenvalue weighted by Gasteiger charge is -2.35. The van der Waals surface area contributed by atoms with Gasteiger partial charge in [0.25, 0.3) is 5.56 Å². The molecule has 2 aromatic carbocycles. The van der Waals surface area contributed by atoms with Crippen LogP contribution in [0.2, 0.25) is 0 Å². The average molecular weight is 377 g/mol. The van der Waals surface area contributed by atoms with E-state index in [1.165, 1.54) is 10.2 Å². The van der Waals surface area contributed by atoms with Gasteiger partial charge in [-0.2, -0.15) is 4.68 Å². The summed E-state index contributed by atoms with van der Waals surface area (Å²) in [5, 5.41) is 8.55. The summed E-state index contributed by atoms with van der Waals surface area (Å²) in [6.45, 7) is 5.51. The molecule has 1 aliphatic rings. The Balaban J connectivity index is 1.43. The highest BCUT2D eigenvalue weighted by molar-refractivity contribution is 5.81. The van der Waals surface area contributed by atoms with Crippen LogP contribution in [-0.2, 0) is 11.3 Å². The molecule has 1 saturated heterocycles. The van der Waals surface area contributed by atoms with Crippen molar-refractivity contribution in [3.8, 4) is 0 Å². The molecule has 7 heteroatoms. The van der Waals surface area contributed by atoms with Crippen LogP contribution in [0.25, 0.3) is 10.9 Å². The molecule has 0 saturated carbocycles. The molecule has 0 spiro atoms. The molecular formula is C21H23N5O2. The van der Waals surface area contributed by atoms with Gasteiger partial charge < -0.3 is 4.90 Å². The van der Waals surface area contributed by atoms with Crippen molar-refractivity contribution in [3.63, 3.8) is 0 Å². The van der Waals surface area contributed by atoms with E-state index in [-0.39, 0.29) is 11.5 Å². The fraction of sp³-hybridized carbons (Fsp3) is 0.333. The van der Waals surface area contributed by atoms with Crippen LogP contribution < -0.4 is 5.56 Å². The summed E-state index contributed by atoms with van der Waals surface area (Å²) in [7, 11) is 0. The normalized spacial score (nSPS) is 16.2. The van der Waals surface area contributed by atoms with Gasteiger partial charge in [0.2, 0.25) is 5.91 Å². The number of carbonyl (C=O) groups excluding carboxylic acids is 1. The number of benzene rings is 2. The zero-order chi connectivity index (χ0) is 19.5. The van der Waals surface area contributed by atoms with Crippen molar-refractivity contribution in [2.75, 3.05) is 26.2 Å². The third-order valence-corrected chi connectivity index (χ3v) is 5.25. The quantitative estimate of drug-likeness (QED) is 0.692. The van der Waals surface area contributed by atoms with Crippen LogP contribution >= 0.6 is 0 Å². The monoisotopic (exact) mass is 377 g/mol. The molecule has 4 rings (SSSR count). The van der Waals surface area contributed by atoms with E-state index in [1.807, 2.05) is 29.2 Å². The van der Waals surface area contributed by atoms with Crippen molar-refractivity contribution in [1.29, 1.82) is 0 Å². The molecule has 7 nitrogen and oxygen atoms in total. The van der Waals surface area contributed by atoms with Gasteiger partial charge in [-0.3, -0.25) is 14.5 Å². The van der Waals surface area contributed by atoms with Gasteiger partial charge in [0, 0.05) is 32.7 Å². The van der Waals surface area contributed by atoms with Gasteiger partial charge >= 0.3 is 0 Å². The van der Waals surface area contributed by atoms with E-state index in [4.69, 9.17) is 0 Å². The van der Waals surface area contributed by atoms with Gasteiger partial charge in [0.05, 0.1) is 5.39 Å². The Kier molecular flexibility index (Phi) is 5.16. The minimum absolute atomic E-state index is 0.0916. The van der Waals surface area contributed by atoms with Crippen LogP contribution in [0, 0.1) is 0 Å². The minimum atomic E-state index is -0.676. The summed E-state index contributed by atoms with van der Waals surface area (Å²) < 4.78 is 1.20. The predicted octanol–water partition coefficient (Wildman–Crippen LogP) is 1.70. The van der Waals surface area contributed by atoms with Crippen LogP contribution in [0.3, 0.4) is 0 Å². The summed E-state index contributed by atoms with van der Waals surface area (Å²) >= 11 is 0. The molecule has 0 N–H and O–H groups in total. The Labute approximate surface area is 163 Å². The first-order chi connectivity index (χ1) is 13.6. The first-order valence-electron chi connectivity index (χ1n) is 9.53. The number of hydrogen-bond donors (Lipinski definition) is 0. The van der Waals surface area contributed by atoms with Gasteiger partial charge in [0.1, 0.15) is 11.6 Å². The number of nitrogens with zero attached hydrogens (tertiary/aromatic N) is 5. The Morgan fingerprint density at radius 2 is 1.68 bits per heavy atom. The molecule has 0 aliphatic carbocycles. The van der Waals surface area contributed by atoms with Crippen LogP contribution in [0.5, 0.6) is 0 Å². The molecule has 0 radical (unpaired) electrons. The predicted molar refractivity (Wildman–Crippen MR) is 107 cm³/mol. The molecular weight excluding hydrogens is 354 g/mol. The molecule has 1 aromatic heterocycles. The lowest BCUT2D eigenvalue weighted by molar-refractivity contribution is -0.136. The number of aromatic nitrogens is 3. The van der Waals surface area contributed by atoms with Crippen LogP contribution in [0.15, 0.2) is 59.4 Å². The van der Waals surface area contributed by atoms with Gasteiger partial charge in [-0.05, 0) is 24.6 Å². The van der Waals surface area contributed by atoms with Gasteiger partial charge in [0.15, 0.2) is 0 Å². The molecule has 2 heterocycles. The molecule has 1 amide bonds. The molecule has 144 valence electrons. The molecule has 1 atom stereocenters.